The van der Waals surface area contributed by atoms with Crippen LogP contribution in [0.1, 0.15) is 12.0 Å². The molecule has 6 heteroatoms. The van der Waals surface area contributed by atoms with E-state index in [1.54, 1.807) is 4.90 Å². The van der Waals surface area contributed by atoms with Crippen LogP contribution >= 0.6 is 0 Å². The van der Waals surface area contributed by atoms with Crippen molar-refractivity contribution in [3.63, 3.8) is 0 Å². The van der Waals surface area contributed by atoms with Crippen molar-refractivity contribution in [3.05, 3.63) is 29.6 Å². The number of rotatable bonds is 1. The lowest BCUT2D eigenvalue weighted by molar-refractivity contribution is -0.139. The first-order valence-electron chi connectivity index (χ1n) is 5.17. The first kappa shape index (κ1) is 12.2. The molecule has 0 bridgehead atoms. The van der Waals surface area contributed by atoms with Gasteiger partial charge in [0.25, 0.3) is 0 Å². The summed E-state index contributed by atoms with van der Waals surface area (Å²) in [5, 5.41) is 9.31. The normalized spacial score (nSPS) is 21.0. The number of aliphatic hydroxyl groups is 1. The standard InChI is InChI=1S/C11H11F4NO/c12-10-2-1-7(5-9(10)11(13,14)15)16-4-3-8(17)6-16/h1-2,5,8,17H,3-4,6H2. The highest BCUT2D eigenvalue weighted by molar-refractivity contribution is 5.50. The van der Waals surface area contributed by atoms with Crippen LogP contribution in [0.4, 0.5) is 23.2 Å². The number of hydrogen-bond acceptors (Lipinski definition) is 2. The van der Waals surface area contributed by atoms with Crippen LogP contribution in [0.25, 0.3) is 0 Å². The van der Waals surface area contributed by atoms with Gasteiger partial charge in [-0.25, -0.2) is 4.39 Å². The maximum absolute atomic E-state index is 13.0. The van der Waals surface area contributed by atoms with Gasteiger partial charge in [0.1, 0.15) is 5.82 Å². The Bertz CT molecular complexity index is 418. The minimum Gasteiger partial charge on any atom is -0.391 e. The van der Waals surface area contributed by atoms with Crippen LogP contribution in [-0.2, 0) is 6.18 Å². The summed E-state index contributed by atoms with van der Waals surface area (Å²) in [5.41, 5.74) is -0.980. The molecule has 2 rings (SSSR count). The van der Waals surface area contributed by atoms with E-state index in [2.05, 4.69) is 0 Å². The monoisotopic (exact) mass is 249 g/mol. The van der Waals surface area contributed by atoms with Crippen LogP contribution in [0.3, 0.4) is 0 Å². The second-order valence-corrected chi connectivity index (χ2v) is 4.05. The summed E-state index contributed by atoms with van der Waals surface area (Å²) in [6.45, 7) is 0.757. The Hall–Kier alpha value is -1.30. The third-order valence-corrected chi connectivity index (χ3v) is 2.78. The van der Waals surface area contributed by atoms with E-state index in [1.165, 1.54) is 6.07 Å². The number of hydrogen-bond donors (Lipinski definition) is 1. The van der Waals surface area contributed by atoms with E-state index in [-0.39, 0.29) is 12.2 Å². The zero-order valence-electron chi connectivity index (χ0n) is 8.84. The molecule has 1 aromatic rings. The largest absolute Gasteiger partial charge is 0.419 e. The number of aliphatic hydroxyl groups excluding tert-OH is 1. The Balaban J connectivity index is 2.31. The van der Waals surface area contributed by atoms with Gasteiger partial charge in [-0.05, 0) is 24.6 Å². The van der Waals surface area contributed by atoms with Crippen molar-refractivity contribution in [2.75, 3.05) is 18.0 Å². The third kappa shape index (κ3) is 2.52. The van der Waals surface area contributed by atoms with Gasteiger partial charge in [0.2, 0.25) is 0 Å². The van der Waals surface area contributed by atoms with Gasteiger partial charge in [-0.15, -0.1) is 0 Å². The van der Waals surface area contributed by atoms with Crippen molar-refractivity contribution < 1.29 is 22.7 Å². The van der Waals surface area contributed by atoms with Crippen LogP contribution in [0.5, 0.6) is 0 Å². The minimum atomic E-state index is -4.70. The molecule has 0 spiro atoms. The van der Waals surface area contributed by atoms with Gasteiger partial charge >= 0.3 is 6.18 Å². The number of anilines is 1. The van der Waals surface area contributed by atoms with Gasteiger partial charge in [-0.2, -0.15) is 13.2 Å². The van der Waals surface area contributed by atoms with E-state index in [1.807, 2.05) is 0 Å². The number of nitrogens with zero attached hydrogens (tertiary/aromatic N) is 1. The van der Waals surface area contributed by atoms with Gasteiger partial charge in [-0.3, -0.25) is 0 Å². The molecule has 1 saturated heterocycles. The molecule has 0 saturated carbocycles. The molecular weight excluding hydrogens is 238 g/mol. The highest BCUT2D eigenvalue weighted by Crippen LogP contribution is 2.34. The van der Waals surface area contributed by atoms with Crippen molar-refractivity contribution >= 4 is 5.69 Å². The highest BCUT2D eigenvalue weighted by Gasteiger charge is 2.35. The zero-order valence-corrected chi connectivity index (χ0v) is 8.84. The van der Waals surface area contributed by atoms with Gasteiger partial charge < -0.3 is 10.0 Å². The summed E-state index contributed by atoms with van der Waals surface area (Å²) >= 11 is 0. The molecule has 0 amide bonds. The van der Waals surface area contributed by atoms with Gasteiger partial charge in [0, 0.05) is 18.8 Å². The Morgan fingerprint density at radius 2 is 2.00 bits per heavy atom. The predicted molar refractivity (Wildman–Crippen MR) is 54.2 cm³/mol. The van der Waals surface area contributed by atoms with E-state index in [9.17, 15) is 22.7 Å². The van der Waals surface area contributed by atoms with Gasteiger partial charge in [0.05, 0.1) is 11.7 Å². The Morgan fingerprint density at radius 1 is 1.29 bits per heavy atom. The molecule has 1 aliphatic rings. The van der Waals surface area contributed by atoms with Crippen molar-refractivity contribution in [1.29, 1.82) is 0 Å². The highest BCUT2D eigenvalue weighted by atomic mass is 19.4. The first-order valence-corrected chi connectivity index (χ1v) is 5.17. The van der Waals surface area contributed by atoms with Gasteiger partial charge in [0.15, 0.2) is 0 Å². The molecule has 1 N–H and O–H groups in total. The second kappa shape index (κ2) is 4.18. The molecule has 0 aliphatic carbocycles. The Labute approximate surface area is 95.5 Å². The van der Waals surface area contributed by atoms with Crippen LogP contribution in [0.15, 0.2) is 18.2 Å². The van der Waals surface area contributed by atoms with E-state index < -0.39 is 23.7 Å². The van der Waals surface area contributed by atoms with Crippen molar-refractivity contribution in [1.82, 2.24) is 0 Å². The lowest BCUT2D eigenvalue weighted by Gasteiger charge is -2.19. The second-order valence-electron chi connectivity index (χ2n) is 4.05. The summed E-state index contributed by atoms with van der Waals surface area (Å²) in [5.74, 6) is -1.28. The maximum Gasteiger partial charge on any atom is 0.419 e. The molecule has 0 aromatic heterocycles. The first-order chi connectivity index (χ1) is 7.88. The molecule has 94 valence electrons. The Kier molecular flexibility index (Phi) is 2.99. The van der Waals surface area contributed by atoms with Crippen LogP contribution in [-0.4, -0.2) is 24.3 Å². The molecule has 1 aromatic carbocycles. The van der Waals surface area contributed by atoms with E-state index in [4.69, 9.17) is 0 Å². The Morgan fingerprint density at radius 3 is 2.53 bits per heavy atom. The number of benzene rings is 1. The van der Waals surface area contributed by atoms with Crippen molar-refractivity contribution in [2.45, 2.75) is 18.7 Å². The minimum absolute atomic E-state index is 0.281. The lowest BCUT2D eigenvalue weighted by atomic mass is 10.1. The average Bonchev–Trinajstić information content (AvgIpc) is 2.64. The average molecular weight is 249 g/mol. The fourth-order valence-electron chi connectivity index (χ4n) is 1.90. The lowest BCUT2D eigenvalue weighted by Crippen LogP contribution is -2.22. The van der Waals surface area contributed by atoms with Gasteiger partial charge in [-0.1, -0.05) is 0 Å². The third-order valence-electron chi connectivity index (χ3n) is 2.78. The van der Waals surface area contributed by atoms with Crippen molar-refractivity contribution in [2.24, 2.45) is 0 Å². The number of alkyl halides is 3. The molecule has 1 atom stereocenters. The zero-order chi connectivity index (χ0) is 12.6. The summed E-state index contributed by atoms with van der Waals surface area (Å²) < 4.78 is 50.5. The predicted octanol–water partition coefficient (Wildman–Crippen LogP) is 2.42. The quantitative estimate of drug-likeness (QED) is 0.772. The maximum atomic E-state index is 13.0. The molecule has 17 heavy (non-hydrogen) atoms. The molecule has 1 fully saturated rings. The number of β-amino-alcohol motifs (C(OH)–C–C–N with tert-alkyl or cyclic N) is 1. The number of halogens is 4. The molecule has 2 nitrogen and oxygen atoms in total. The van der Waals surface area contributed by atoms with E-state index in [0.29, 0.717) is 13.0 Å². The van der Waals surface area contributed by atoms with Crippen LogP contribution in [0, 0.1) is 5.82 Å². The van der Waals surface area contributed by atoms with E-state index >= 15 is 0 Å². The summed E-state index contributed by atoms with van der Waals surface area (Å²) in [7, 11) is 0. The summed E-state index contributed by atoms with van der Waals surface area (Å²) in [6, 6.07) is 2.89. The molecular formula is C11H11F4NO. The fourth-order valence-corrected chi connectivity index (χ4v) is 1.90. The molecule has 1 unspecified atom stereocenters. The summed E-state index contributed by atoms with van der Waals surface area (Å²) in [6.07, 6.45) is -4.72. The topological polar surface area (TPSA) is 23.5 Å². The molecule has 1 aliphatic heterocycles. The molecule has 0 radical (unpaired) electrons. The smallest absolute Gasteiger partial charge is 0.391 e. The fraction of sp³-hybridized carbons (Fsp3) is 0.455. The van der Waals surface area contributed by atoms with Crippen LogP contribution < -0.4 is 4.90 Å². The van der Waals surface area contributed by atoms with Crippen molar-refractivity contribution in [3.8, 4) is 0 Å². The van der Waals surface area contributed by atoms with E-state index in [0.717, 1.165) is 12.1 Å². The molecule has 1 heterocycles. The summed E-state index contributed by atoms with van der Waals surface area (Å²) in [4.78, 5) is 1.61. The SMILES string of the molecule is OC1CCN(c2ccc(F)c(C(F)(F)F)c2)C1. The van der Waals surface area contributed by atoms with Crippen LogP contribution in [0.2, 0.25) is 0 Å².